The lowest BCUT2D eigenvalue weighted by Gasteiger charge is -2.28. The third kappa shape index (κ3) is 3.53. The molecule has 3 N–H and O–H groups in total. The fourth-order valence-electron chi connectivity index (χ4n) is 1.98. The van der Waals surface area contributed by atoms with Crippen LogP contribution in [0, 0.1) is 0 Å². The lowest BCUT2D eigenvalue weighted by Crippen LogP contribution is -2.52. The summed E-state index contributed by atoms with van der Waals surface area (Å²) in [5, 5.41) is 4.09. The van der Waals surface area contributed by atoms with Crippen molar-refractivity contribution in [2.75, 3.05) is 0 Å². The SMILES string of the molecule is C[C@](NC(=O)c1cccs1)(C(N)=O)c1cccc(C(F)(F)F)c1. The predicted octanol–water partition coefficient (Wildman–Crippen LogP) is 2.90. The summed E-state index contributed by atoms with van der Waals surface area (Å²) in [5.74, 6) is -1.54. The van der Waals surface area contributed by atoms with E-state index >= 15 is 0 Å². The van der Waals surface area contributed by atoms with Crippen molar-refractivity contribution in [3.05, 3.63) is 57.8 Å². The summed E-state index contributed by atoms with van der Waals surface area (Å²) >= 11 is 1.14. The molecule has 0 aliphatic heterocycles. The first kappa shape index (κ1) is 17.0. The van der Waals surface area contributed by atoms with Crippen molar-refractivity contribution in [1.82, 2.24) is 5.32 Å². The molecule has 4 nitrogen and oxygen atoms in total. The zero-order valence-corrected chi connectivity index (χ0v) is 12.8. The average Bonchev–Trinajstić information content (AvgIpc) is 3.00. The van der Waals surface area contributed by atoms with Crippen LogP contribution in [0.15, 0.2) is 41.8 Å². The summed E-state index contributed by atoms with van der Waals surface area (Å²) < 4.78 is 38.5. The highest BCUT2D eigenvalue weighted by Crippen LogP contribution is 2.32. The van der Waals surface area contributed by atoms with Crippen LogP contribution in [0.4, 0.5) is 13.2 Å². The Labute approximate surface area is 134 Å². The summed E-state index contributed by atoms with van der Waals surface area (Å²) in [5.41, 5.74) is 2.61. The minimum absolute atomic E-state index is 0.0373. The molecule has 1 atom stereocenters. The molecule has 0 aliphatic rings. The van der Waals surface area contributed by atoms with Gasteiger partial charge >= 0.3 is 6.18 Å². The molecule has 2 aromatic rings. The molecular weight excluding hydrogens is 329 g/mol. The first-order chi connectivity index (χ1) is 10.6. The van der Waals surface area contributed by atoms with Crippen LogP contribution in [0.25, 0.3) is 0 Å². The number of nitrogens with two attached hydrogens (primary N) is 1. The molecule has 1 aromatic carbocycles. The molecule has 122 valence electrons. The average molecular weight is 342 g/mol. The lowest BCUT2D eigenvalue weighted by molar-refractivity contribution is -0.137. The van der Waals surface area contributed by atoms with Crippen LogP contribution in [-0.2, 0) is 16.5 Å². The molecule has 0 spiro atoms. The number of primary amides is 1. The second kappa shape index (κ2) is 6.04. The van der Waals surface area contributed by atoms with Gasteiger partial charge in [-0.25, -0.2) is 0 Å². The molecule has 0 saturated carbocycles. The third-order valence-electron chi connectivity index (χ3n) is 3.37. The minimum Gasteiger partial charge on any atom is -0.367 e. The van der Waals surface area contributed by atoms with Crippen molar-refractivity contribution < 1.29 is 22.8 Å². The summed E-state index contributed by atoms with van der Waals surface area (Å²) in [6, 6.07) is 7.34. The summed E-state index contributed by atoms with van der Waals surface area (Å²) in [7, 11) is 0. The quantitative estimate of drug-likeness (QED) is 0.897. The van der Waals surface area contributed by atoms with Crippen LogP contribution in [0.2, 0.25) is 0 Å². The number of halogens is 3. The van der Waals surface area contributed by atoms with Gasteiger partial charge < -0.3 is 11.1 Å². The van der Waals surface area contributed by atoms with E-state index in [1.165, 1.54) is 19.1 Å². The molecule has 0 radical (unpaired) electrons. The fraction of sp³-hybridized carbons (Fsp3) is 0.200. The van der Waals surface area contributed by atoms with Crippen LogP contribution in [0.3, 0.4) is 0 Å². The highest BCUT2D eigenvalue weighted by atomic mass is 32.1. The van der Waals surface area contributed by atoms with E-state index in [1.54, 1.807) is 11.4 Å². The normalized spacial score (nSPS) is 14.1. The van der Waals surface area contributed by atoms with E-state index in [9.17, 15) is 22.8 Å². The van der Waals surface area contributed by atoms with Crippen molar-refractivity contribution in [3.63, 3.8) is 0 Å². The Kier molecular flexibility index (Phi) is 4.46. The molecule has 1 aromatic heterocycles. The maximum absolute atomic E-state index is 12.8. The second-order valence-electron chi connectivity index (χ2n) is 5.00. The van der Waals surface area contributed by atoms with Crippen LogP contribution in [0.5, 0.6) is 0 Å². The number of benzene rings is 1. The van der Waals surface area contributed by atoms with Gasteiger partial charge in [0, 0.05) is 0 Å². The summed E-state index contributed by atoms with van der Waals surface area (Å²) in [6.45, 7) is 1.27. The maximum atomic E-state index is 12.8. The largest absolute Gasteiger partial charge is 0.416 e. The standard InChI is InChI=1S/C15H13F3N2O2S/c1-14(13(19)22,20-12(21)11-6-3-7-23-11)9-4-2-5-10(8-9)15(16,17)18/h2-8H,1H3,(H2,19,22)(H,20,21)/t14-/m1/s1. The number of hydrogen-bond donors (Lipinski definition) is 2. The van der Waals surface area contributed by atoms with Gasteiger partial charge in [-0.05, 0) is 36.1 Å². The number of rotatable bonds is 4. The van der Waals surface area contributed by atoms with Crippen molar-refractivity contribution in [2.24, 2.45) is 5.73 Å². The van der Waals surface area contributed by atoms with E-state index < -0.39 is 29.1 Å². The van der Waals surface area contributed by atoms with Gasteiger partial charge in [0.1, 0.15) is 5.54 Å². The first-order valence-electron chi connectivity index (χ1n) is 6.48. The van der Waals surface area contributed by atoms with Gasteiger partial charge in [0.15, 0.2) is 0 Å². The maximum Gasteiger partial charge on any atom is 0.416 e. The Bertz CT molecular complexity index is 729. The monoisotopic (exact) mass is 342 g/mol. The zero-order valence-electron chi connectivity index (χ0n) is 12.0. The lowest BCUT2D eigenvalue weighted by atomic mass is 9.89. The Morgan fingerprint density at radius 1 is 1.13 bits per heavy atom. The van der Waals surface area contributed by atoms with Crippen LogP contribution in [-0.4, -0.2) is 11.8 Å². The van der Waals surface area contributed by atoms with E-state index in [0.29, 0.717) is 4.88 Å². The Morgan fingerprint density at radius 3 is 2.30 bits per heavy atom. The Hall–Kier alpha value is -2.35. The number of thiophene rings is 1. The highest BCUT2D eigenvalue weighted by molar-refractivity contribution is 7.12. The van der Waals surface area contributed by atoms with Gasteiger partial charge in [-0.1, -0.05) is 18.2 Å². The third-order valence-corrected chi connectivity index (χ3v) is 4.24. The van der Waals surface area contributed by atoms with Crippen molar-refractivity contribution in [3.8, 4) is 0 Å². The van der Waals surface area contributed by atoms with E-state index in [0.717, 1.165) is 29.5 Å². The van der Waals surface area contributed by atoms with Crippen molar-refractivity contribution >= 4 is 23.2 Å². The molecule has 2 rings (SSSR count). The Balaban J connectivity index is 2.41. The number of alkyl halides is 3. The van der Waals surface area contributed by atoms with Crippen LogP contribution in [0.1, 0.15) is 27.7 Å². The van der Waals surface area contributed by atoms with Crippen LogP contribution >= 0.6 is 11.3 Å². The van der Waals surface area contributed by atoms with E-state index in [4.69, 9.17) is 5.73 Å². The molecule has 0 saturated heterocycles. The molecular formula is C15H13F3N2O2S. The number of amides is 2. The molecule has 23 heavy (non-hydrogen) atoms. The molecule has 2 amide bonds. The van der Waals surface area contributed by atoms with Crippen molar-refractivity contribution in [1.29, 1.82) is 0 Å². The van der Waals surface area contributed by atoms with Gasteiger partial charge in [0.2, 0.25) is 5.91 Å². The molecule has 0 bridgehead atoms. The second-order valence-corrected chi connectivity index (χ2v) is 5.95. The van der Waals surface area contributed by atoms with Gasteiger partial charge in [0.05, 0.1) is 10.4 Å². The van der Waals surface area contributed by atoms with E-state index in [-0.39, 0.29) is 5.56 Å². The van der Waals surface area contributed by atoms with Crippen LogP contribution < -0.4 is 11.1 Å². The molecule has 1 heterocycles. The number of carbonyl (C=O) groups is 2. The van der Waals surface area contributed by atoms with Gasteiger partial charge in [0.25, 0.3) is 5.91 Å². The molecule has 0 fully saturated rings. The number of nitrogens with one attached hydrogen (secondary N) is 1. The van der Waals surface area contributed by atoms with Gasteiger partial charge in [-0.15, -0.1) is 11.3 Å². The topological polar surface area (TPSA) is 72.2 Å². The minimum atomic E-state index is -4.56. The zero-order chi connectivity index (χ0) is 17.3. The Morgan fingerprint density at radius 2 is 1.78 bits per heavy atom. The number of hydrogen-bond acceptors (Lipinski definition) is 3. The predicted molar refractivity (Wildman–Crippen MR) is 79.8 cm³/mol. The van der Waals surface area contributed by atoms with E-state index in [2.05, 4.69) is 5.32 Å². The first-order valence-corrected chi connectivity index (χ1v) is 7.36. The van der Waals surface area contributed by atoms with Gasteiger partial charge in [-0.2, -0.15) is 13.2 Å². The molecule has 0 unspecified atom stereocenters. The molecule has 0 aliphatic carbocycles. The highest BCUT2D eigenvalue weighted by Gasteiger charge is 2.38. The summed E-state index contributed by atoms with van der Waals surface area (Å²) in [6.07, 6.45) is -4.56. The molecule has 8 heteroatoms. The smallest absolute Gasteiger partial charge is 0.367 e. The fourth-order valence-corrected chi connectivity index (χ4v) is 2.60. The van der Waals surface area contributed by atoms with Gasteiger partial charge in [-0.3, -0.25) is 9.59 Å². The van der Waals surface area contributed by atoms with E-state index in [1.807, 2.05) is 0 Å². The van der Waals surface area contributed by atoms with Crippen molar-refractivity contribution in [2.45, 2.75) is 18.6 Å². The number of carbonyl (C=O) groups excluding carboxylic acids is 2. The summed E-state index contributed by atoms with van der Waals surface area (Å²) in [4.78, 5) is 24.3.